The number of allylic oxidation sites excluding steroid dienone is 1. The molecule has 2 heteroatoms. The Morgan fingerprint density at radius 3 is 3.00 bits per heavy atom. The van der Waals surface area contributed by atoms with Gasteiger partial charge in [-0.1, -0.05) is 23.8 Å². The lowest BCUT2D eigenvalue weighted by atomic mass is 9.98. The summed E-state index contributed by atoms with van der Waals surface area (Å²) in [5.41, 5.74) is 11.1. The van der Waals surface area contributed by atoms with E-state index in [0.29, 0.717) is 0 Å². The third kappa shape index (κ3) is 2.45. The van der Waals surface area contributed by atoms with E-state index in [9.17, 15) is 0 Å². The maximum absolute atomic E-state index is 5.98. The highest BCUT2D eigenvalue weighted by molar-refractivity contribution is 5.51. The van der Waals surface area contributed by atoms with Crippen molar-refractivity contribution in [1.82, 2.24) is 4.90 Å². The molecule has 16 heavy (non-hydrogen) atoms. The van der Waals surface area contributed by atoms with Gasteiger partial charge in [0.2, 0.25) is 0 Å². The molecule has 0 unspecified atom stereocenters. The van der Waals surface area contributed by atoms with Gasteiger partial charge in [0.25, 0.3) is 0 Å². The Hall–Kier alpha value is -1.28. The molecule has 0 aliphatic carbocycles. The summed E-state index contributed by atoms with van der Waals surface area (Å²) in [5, 5.41) is 0. The number of nitrogens with zero attached hydrogens (tertiary/aromatic N) is 1. The van der Waals surface area contributed by atoms with E-state index < -0.39 is 0 Å². The third-order valence-corrected chi connectivity index (χ3v) is 3.14. The molecule has 86 valence electrons. The Bertz CT molecular complexity index is 403. The maximum atomic E-state index is 5.98. The molecule has 0 spiro atoms. The summed E-state index contributed by atoms with van der Waals surface area (Å²) in [4.78, 5) is 2.47. The SMILES string of the molecule is CC(C)=CCN1CCc2c(N)cccc2C1. The molecule has 0 fully saturated rings. The smallest absolute Gasteiger partial charge is 0.0350 e. The van der Waals surface area contributed by atoms with Crippen LogP contribution in [0.25, 0.3) is 0 Å². The molecular weight excluding hydrogens is 196 g/mol. The van der Waals surface area contributed by atoms with Crippen molar-refractivity contribution >= 4 is 5.69 Å². The zero-order chi connectivity index (χ0) is 11.5. The lowest BCUT2D eigenvalue weighted by Gasteiger charge is -2.28. The number of fused-ring (bicyclic) bond motifs is 1. The molecular formula is C14H20N2. The first kappa shape index (κ1) is 11.2. The van der Waals surface area contributed by atoms with Gasteiger partial charge in [-0.2, -0.15) is 0 Å². The average molecular weight is 216 g/mol. The van der Waals surface area contributed by atoms with E-state index in [0.717, 1.165) is 31.7 Å². The topological polar surface area (TPSA) is 29.3 Å². The molecule has 0 aromatic heterocycles. The van der Waals surface area contributed by atoms with Crippen LogP contribution in [0.4, 0.5) is 5.69 Å². The van der Waals surface area contributed by atoms with Gasteiger partial charge >= 0.3 is 0 Å². The standard InChI is InChI=1S/C14H20N2/c1-11(2)6-8-16-9-7-13-12(10-16)4-3-5-14(13)15/h3-6H,7-10,15H2,1-2H3. The van der Waals surface area contributed by atoms with Crippen molar-refractivity contribution in [3.05, 3.63) is 41.0 Å². The van der Waals surface area contributed by atoms with Crippen molar-refractivity contribution in [3.63, 3.8) is 0 Å². The molecule has 1 aliphatic rings. The molecule has 2 N–H and O–H groups in total. The predicted molar refractivity (Wildman–Crippen MR) is 69.3 cm³/mol. The van der Waals surface area contributed by atoms with Crippen molar-refractivity contribution in [2.45, 2.75) is 26.8 Å². The van der Waals surface area contributed by atoms with Crippen molar-refractivity contribution in [2.75, 3.05) is 18.8 Å². The zero-order valence-corrected chi connectivity index (χ0v) is 10.2. The number of hydrogen-bond donors (Lipinski definition) is 1. The summed E-state index contributed by atoms with van der Waals surface area (Å²) in [6.45, 7) is 7.50. The highest BCUT2D eigenvalue weighted by atomic mass is 15.1. The number of hydrogen-bond acceptors (Lipinski definition) is 2. The summed E-state index contributed by atoms with van der Waals surface area (Å²) >= 11 is 0. The molecule has 2 nitrogen and oxygen atoms in total. The van der Waals surface area contributed by atoms with Gasteiger partial charge in [0.1, 0.15) is 0 Å². The van der Waals surface area contributed by atoms with Crippen LogP contribution < -0.4 is 5.73 Å². The van der Waals surface area contributed by atoms with Crippen LogP contribution in [0.2, 0.25) is 0 Å². The maximum Gasteiger partial charge on any atom is 0.0350 e. The first-order chi connectivity index (χ1) is 7.66. The highest BCUT2D eigenvalue weighted by Gasteiger charge is 2.16. The molecule has 0 saturated heterocycles. The van der Waals surface area contributed by atoms with Crippen molar-refractivity contribution in [1.29, 1.82) is 0 Å². The normalized spacial score (nSPS) is 15.6. The summed E-state index contributed by atoms with van der Waals surface area (Å²) in [6, 6.07) is 6.25. The summed E-state index contributed by atoms with van der Waals surface area (Å²) < 4.78 is 0. The minimum Gasteiger partial charge on any atom is -0.398 e. The average Bonchev–Trinajstić information content (AvgIpc) is 2.26. The molecule has 1 aliphatic heterocycles. The van der Waals surface area contributed by atoms with Crippen molar-refractivity contribution < 1.29 is 0 Å². The molecule has 0 saturated carbocycles. The minimum absolute atomic E-state index is 0.958. The summed E-state index contributed by atoms with van der Waals surface area (Å²) in [5.74, 6) is 0. The lowest BCUT2D eigenvalue weighted by molar-refractivity contribution is 0.282. The van der Waals surface area contributed by atoms with E-state index in [2.05, 4.69) is 37.0 Å². The fraction of sp³-hybridized carbons (Fsp3) is 0.429. The largest absolute Gasteiger partial charge is 0.398 e. The second-order valence-corrected chi connectivity index (χ2v) is 4.75. The van der Waals surface area contributed by atoms with Gasteiger partial charge in [0, 0.05) is 25.3 Å². The van der Waals surface area contributed by atoms with Gasteiger partial charge in [0.15, 0.2) is 0 Å². The Morgan fingerprint density at radius 1 is 1.44 bits per heavy atom. The molecule has 0 atom stereocenters. The van der Waals surface area contributed by atoms with Crippen molar-refractivity contribution in [2.24, 2.45) is 0 Å². The van der Waals surface area contributed by atoms with Crippen LogP contribution in [0, 0.1) is 0 Å². The summed E-state index contributed by atoms with van der Waals surface area (Å²) in [6.07, 6.45) is 3.37. The van der Waals surface area contributed by atoms with Crippen molar-refractivity contribution in [3.8, 4) is 0 Å². The predicted octanol–water partition coefficient (Wildman–Crippen LogP) is 2.59. The highest BCUT2D eigenvalue weighted by Crippen LogP contribution is 2.23. The van der Waals surface area contributed by atoms with Gasteiger partial charge < -0.3 is 5.73 Å². The number of rotatable bonds is 2. The number of benzene rings is 1. The Kier molecular flexibility index (Phi) is 3.30. The van der Waals surface area contributed by atoms with Crippen LogP contribution in [0.15, 0.2) is 29.8 Å². The van der Waals surface area contributed by atoms with Crippen LogP contribution in [-0.4, -0.2) is 18.0 Å². The Morgan fingerprint density at radius 2 is 2.25 bits per heavy atom. The second kappa shape index (κ2) is 4.71. The van der Waals surface area contributed by atoms with E-state index in [1.807, 2.05) is 6.07 Å². The van der Waals surface area contributed by atoms with Gasteiger partial charge in [0.05, 0.1) is 0 Å². The fourth-order valence-corrected chi connectivity index (χ4v) is 2.16. The molecule has 0 amide bonds. The molecule has 0 bridgehead atoms. The molecule has 1 aromatic rings. The van der Waals surface area contributed by atoms with Crippen LogP contribution in [0.5, 0.6) is 0 Å². The lowest BCUT2D eigenvalue weighted by Crippen LogP contribution is -2.31. The van der Waals surface area contributed by atoms with E-state index >= 15 is 0 Å². The van der Waals surface area contributed by atoms with E-state index in [1.165, 1.54) is 16.7 Å². The fourth-order valence-electron chi connectivity index (χ4n) is 2.16. The van der Waals surface area contributed by atoms with Crippen LogP contribution >= 0.6 is 0 Å². The van der Waals surface area contributed by atoms with Gasteiger partial charge in [-0.25, -0.2) is 0 Å². The Balaban J connectivity index is 2.09. The third-order valence-electron chi connectivity index (χ3n) is 3.14. The van der Waals surface area contributed by atoms with Gasteiger partial charge in [-0.05, 0) is 37.5 Å². The first-order valence-electron chi connectivity index (χ1n) is 5.89. The minimum atomic E-state index is 0.958. The monoisotopic (exact) mass is 216 g/mol. The molecule has 0 radical (unpaired) electrons. The molecule has 1 aromatic carbocycles. The Labute approximate surface area is 97.8 Å². The number of nitrogens with two attached hydrogens (primary N) is 1. The second-order valence-electron chi connectivity index (χ2n) is 4.75. The van der Waals surface area contributed by atoms with Gasteiger partial charge in [-0.3, -0.25) is 4.90 Å². The van der Waals surface area contributed by atoms with E-state index in [1.54, 1.807) is 0 Å². The first-order valence-corrected chi connectivity index (χ1v) is 5.89. The number of nitrogen functional groups attached to an aromatic ring is 1. The van der Waals surface area contributed by atoms with Crippen LogP contribution in [0.1, 0.15) is 25.0 Å². The van der Waals surface area contributed by atoms with Gasteiger partial charge in [-0.15, -0.1) is 0 Å². The van der Waals surface area contributed by atoms with Crippen LogP contribution in [0.3, 0.4) is 0 Å². The summed E-state index contributed by atoms with van der Waals surface area (Å²) in [7, 11) is 0. The van der Waals surface area contributed by atoms with Crippen LogP contribution in [-0.2, 0) is 13.0 Å². The number of anilines is 1. The molecule has 2 rings (SSSR count). The van der Waals surface area contributed by atoms with E-state index in [-0.39, 0.29) is 0 Å². The quantitative estimate of drug-likeness (QED) is 0.608. The zero-order valence-electron chi connectivity index (χ0n) is 10.2. The van der Waals surface area contributed by atoms with E-state index in [4.69, 9.17) is 5.73 Å². The molecule has 1 heterocycles.